The Kier molecular flexibility index (Phi) is 4.31. The van der Waals surface area contributed by atoms with E-state index in [1.807, 2.05) is 43.3 Å². The standard InChI is InChI=1S/C15H18N2O/c1-3-16-11-13-8-9-17-15(10-13)18-14-7-5-4-6-12(14)2/h4-10,16H,3,11H2,1-2H3. The van der Waals surface area contributed by atoms with Crippen molar-refractivity contribution in [3.8, 4) is 11.6 Å². The van der Waals surface area contributed by atoms with Crippen LogP contribution in [0.3, 0.4) is 0 Å². The first-order valence-electron chi connectivity index (χ1n) is 6.18. The summed E-state index contributed by atoms with van der Waals surface area (Å²) in [4.78, 5) is 4.23. The number of nitrogens with zero attached hydrogens (tertiary/aromatic N) is 1. The van der Waals surface area contributed by atoms with E-state index in [1.54, 1.807) is 6.20 Å². The SMILES string of the molecule is CCNCc1ccnc(Oc2ccccc2C)c1. The van der Waals surface area contributed by atoms with Crippen LogP contribution in [0.1, 0.15) is 18.1 Å². The summed E-state index contributed by atoms with van der Waals surface area (Å²) < 4.78 is 5.79. The van der Waals surface area contributed by atoms with Gasteiger partial charge in [0.2, 0.25) is 5.88 Å². The number of pyridine rings is 1. The smallest absolute Gasteiger partial charge is 0.219 e. The van der Waals surface area contributed by atoms with E-state index in [9.17, 15) is 0 Å². The van der Waals surface area contributed by atoms with E-state index in [2.05, 4.69) is 17.2 Å². The zero-order valence-corrected chi connectivity index (χ0v) is 10.8. The Bertz CT molecular complexity index is 511. The lowest BCUT2D eigenvalue weighted by atomic mass is 10.2. The molecule has 1 aromatic carbocycles. The molecule has 0 fully saturated rings. The highest BCUT2D eigenvalue weighted by atomic mass is 16.5. The van der Waals surface area contributed by atoms with Crippen molar-refractivity contribution >= 4 is 0 Å². The van der Waals surface area contributed by atoms with Gasteiger partial charge in [-0.1, -0.05) is 25.1 Å². The highest BCUT2D eigenvalue weighted by Gasteiger charge is 2.02. The normalized spacial score (nSPS) is 10.3. The molecule has 0 bridgehead atoms. The van der Waals surface area contributed by atoms with Crippen molar-refractivity contribution in [3.63, 3.8) is 0 Å². The van der Waals surface area contributed by atoms with Gasteiger partial charge in [0.1, 0.15) is 5.75 Å². The number of hydrogen-bond acceptors (Lipinski definition) is 3. The molecule has 2 rings (SSSR count). The summed E-state index contributed by atoms with van der Waals surface area (Å²) in [5.74, 6) is 1.49. The average Bonchev–Trinajstić information content (AvgIpc) is 2.40. The molecule has 1 heterocycles. The Morgan fingerprint density at radius 2 is 2.06 bits per heavy atom. The van der Waals surface area contributed by atoms with Gasteiger partial charge in [0.05, 0.1) is 0 Å². The summed E-state index contributed by atoms with van der Waals surface area (Å²) in [6.45, 7) is 5.91. The average molecular weight is 242 g/mol. The topological polar surface area (TPSA) is 34.2 Å². The predicted molar refractivity (Wildman–Crippen MR) is 72.9 cm³/mol. The molecule has 1 N–H and O–H groups in total. The van der Waals surface area contributed by atoms with Gasteiger partial charge in [0.25, 0.3) is 0 Å². The third-order valence-corrected chi connectivity index (χ3v) is 2.69. The van der Waals surface area contributed by atoms with Gasteiger partial charge in [0, 0.05) is 18.8 Å². The highest BCUT2D eigenvalue weighted by Crippen LogP contribution is 2.23. The predicted octanol–water partition coefficient (Wildman–Crippen LogP) is 3.29. The van der Waals surface area contributed by atoms with Crippen molar-refractivity contribution in [1.29, 1.82) is 0 Å². The quantitative estimate of drug-likeness (QED) is 0.873. The molecule has 0 unspecified atom stereocenters. The Hall–Kier alpha value is -1.87. The fraction of sp³-hybridized carbons (Fsp3) is 0.267. The maximum absolute atomic E-state index is 5.79. The van der Waals surface area contributed by atoms with E-state index in [-0.39, 0.29) is 0 Å². The van der Waals surface area contributed by atoms with Crippen LogP contribution >= 0.6 is 0 Å². The number of hydrogen-bond donors (Lipinski definition) is 1. The van der Waals surface area contributed by atoms with Gasteiger partial charge in [-0.15, -0.1) is 0 Å². The van der Waals surface area contributed by atoms with Crippen molar-refractivity contribution in [2.75, 3.05) is 6.54 Å². The number of aryl methyl sites for hydroxylation is 1. The molecule has 0 spiro atoms. The Morgan fingerprint density at radius 1 is 1.22 bits per heavy atom. The fourth-order valence-corrected chi connectivity index (χ4v) is 1.67. The van der Waals surface area contributed by atoms with Crippen LogP contribution in [0.2, 0.25) is 0 Å². The zero-order valence-electron chi connectivity index (χ0n) is 10.8. The van der Waals surface area contributed by atoms with Crippen LogP contribution in [-0.4, -0.2) is 11.5 Å². The lowest BCUT2D eigenvalue weighted by molar-refractivity contribution is 0.458. The summed E-state index contributed by atoms with van der Waals surface area (Å²) in [5, 5.41) is 3.28. The second kappa shape index (κ2) is 6.17. The third-order valence-electron chi connectivity index (χ3n) is 2.69. The maximum atomic E-state index is 5.79. The van der Waals surface area contributed by atoms with E-state index in [4.69, 9.17) is 4.74 Å². The van der Waals surface area contributed by atoms with E-state index in [1.165, 1.54) is 5.56 Å². The van der Waals surface area contributed by atoms with Crippen molar-refractivity contribution in [2.45, 2.75) is 20.4 Å². The number of benzene rings is 1. The lowest BCUT2D eigenvalue weighted by Crippen LogP contribution is -2.11. The molecular formula is C15H18N2O. The van der Waals surface area contributed by atoms with E-state index < -0.39 is 0 Å². The first-order chi connectivity index (χ1) is 8.79. The second-order valence-corrected chi connectivity index (χ2v) is 4.15. The number of rotatable bonds is 5. The van der Waals surface area contributed by atoms with Gasteiger partial charge in [-0.25, -0.2) is 4.98 Å². The molecule has 0 amide bonds. The largest absolute Gasteiger partial charge is 0.439 e. The van der Waals surface area contributed by atoms with Crippen LogP contribution in [0.5, 0.6) is 11.6 Å². The first kappa shape index (κ1) is 12.6. The second-order valence-electron chi connectivity index (χ2n) is 4.15. The Balaban J connectivity index is 2.12. The Labute approximate surface area is 108 Å². The molecule has 1 aromatic heterocycles. The van der Waals surface area contributed by atoms with Gasteiger partial charge in [-0.2, -0.15) is 0 Å². The number of aromatic nitrogens is 1. The minimum absolute atomic E-state index is 0.639. The lowest BCUT2D eigenvalue weighted by Gasteiger charge is -2.08. The number of ether oxygens (including phenoxy) is 1. The van der Waals surface area contributed by atoms with Crippen molar-refractivity contribution < 1.29 is 4.74 Å². The maximum Gasteiger partial charge on any atom is 0.219 e. The van der Waals surface area contributed by atoms with Gasteiger partial charge >= 0.3 is 0 Å². The minimum atomic E-state index is 0.639. The first-order valence-corrected chi connectivity index (χ1v) is 6.18. The summed E-state index contributed by atoms with van der Waals surface area (Å²) in [6, 6.07) is 11.9. The molecule has 2 aromatic rings. The van der Waals surface area contributed by atoms with Gasteiger partial charge in [-0.05, 0) is 36.7 Å². The fourth-order valence-electron chi connectivity index (χ4n) is 1.67. The van der Waals surface area contributed by atoms with Crippen LogP contribution in [0.25, 0.3) is 0 Å². The van der Waals surface area contributed by atoms with E-state index >= 15 is 0 Å². The molecule has 0 aliphatic heterocycles. The van der Waals surface area contributed by atoms with Gasteiger partial charge < -0.3 is 10.1 Å². The molecule has 0 saturated carbocycles. The van der Waals surface area contributed by atoms with Crippen LogP contribution in [0.4, 0.5) is 0 Å². The summed E-state index contributed by atoms with van der Waals surface area (Å²) >= 11 is 0. The number of para-hydroxylation sites is 1. The molecular weight excluding hydrogens is 224 g/mol. The van der Waals surface area contributed by atoms with Gasteiger partial charge in [-0.3, -0.25) is 0 Å². The summed E-state index contributed by atoms with van der Waals surface area (Å²) in [6.07, 6.45) is 1.78. The van der Waals surface area contributed by atoms with Crippen LogP contribution < -0.4 is 10.1 Å². The van der Waals surface area contributed by atoms with Crippen molar-refractivity contribution in [1.82, 2.24) is 10.3 Å². The number of nitrogens with one attached hydrogen (secondary N) is 1. The Morgan fingerprint density at radius 3 is 2.83 bits per heavy atom. The molecule has 0 aliphatic carbocycles. The molecule has 3 heteroatoms. The van der Waals surface area contributed by atoms with Crippen molar-refractivity contribution in [2.24, 2.45) is 0 Å². The van der Waals surface area contributed by atoms with Crippen LogP contribution in [0.15, 0.2) is 42.6 Å². The van der Waals surface area contributed by atoms with Crippen LogP contribution in [0, 0.1) is 6.92 Å². The molecule has 94 valence electrons. The van der Waals surface area contributed by atoms with E-state index in [0.29, 0.717) is 5.88 Å². The molecule has 0 radical (unpaired) electrons. The molecule has 0 aliphatic rings. The summed E-state index contributed by atoms with van der Waals surface area (Å²) in [7, 11) is 0. The van der Waals surface area contributed by atoms with Crippen molar-refractivity contribution in [3.05, 3.63) is 53.7 Å². The van der Waals surface area contributed by atoms with Gasteiger partial charge in [0.15, 0.2) is 0 Å². The molecule has 18 heavy (non-hydrogen) atoms. The molecule has 0 saturated heterocycles. The minimum Gasteiger partial charge on any atom is -0.439 e. The van der Waals surface area contributed by atoms with E-state index in [0.717, 1.165) is 24.4 Å². The monoisotopic (exact) mass is 242 g/mol. The molecule has 0 atom stereocenters. The van der Waals surface area contributed by atoms with Crippen LogP contribution in [-0.2, 0) is 6.54 Å². The third kappa shape index (κ3) is 3.31. The molecule has 3 nitrogen and oxygen atoms in total. The summed E-state index contributed by atoms with van der Waals surface area (Å²) in [5.41, 5.74) is 2.28. The zero-order chi connectivity index (χ0) is 12.8. The highest BCUT2D eigenvalue weighted by molar-refractivity contribution is 5.35.